The van der Waals surface area contributed by atoms with Crippen LogP contribution in [0.4, 0.5) is 5.13 Å². The van der Waals surface area contributed by atoms with Gasteiger partial charge in [0.2, 0.25) is 5.76 Å². The summed E-state index contributed by atoms with van der Waals surface area (Å²) in [6.07, 6.45) is 1.65. The molecule has 0 bridgehead atoms. The van der Waals surface area contributed by atoms with E-state index >= 15 is 0 Å². The molecule has 5 aromatic rings. The van der Waals surface area contributed by atoms with Crippen LogP contribution < -0.4 is 10.3 Å². The third-order valence-corrected chi connectivity index (χ3v) is 6.50. The standard InChI is InChI=1S/C24H15N3O3S/c1-13-9-10-15-18(12-13)31-24(26-15)27-20(16-7-4-5-11-25-16)19-21(28)14-6-2-3-8-17(14)30-22(19)23(27)29/h2-12,20H,1H3. The molecule has 0 saturated carbocycles. The Labute approximate surface area is 180 Å². The molecule has 3 aromatic heterocycles. The summed E-state index contributed by atoms with van der Waals surface area (Å²) in [7, 11) is 0. The van der Waals surface area contributed by atoms with Gasteiger partial charge in [-0.1, -0.05) is 35.6 Å². The Morgan fingerprint density at radius 2 is 1.87 bits per heavy atom. The second kappa shape index (κ2) is 6.58. The van der Waals surface area contributed by atoms with Crippen LogP contribution in [0.1, 0.15) is 33.4 Å². The van der Waals surface area contributed by atoms with Crippen molar-refractivity contribution < 1.29 is 9.21 Å². The number of rotatable bonds is 2. The number of thiazole rings is 1. The molecule has 0 fully saturated rings. The van der Waals surface area contributed by atoms with E-state index in [2.05, 4.69) is 4.98 Å². The Hall–Kier alpha value is -3.84. The van der Waals surface area contributed by atoms with Gasteiger partial charge in [0.1, 0.15) is 11.6 Å². The minimum atomic E-state index is -0.703. The van der Waals surface area contributed by atoms with E-state index in [1.165, 1.54) is 16.2 Å². The van der Waals surface area contributed by atoms with E-state index < -0.39 is 6.04 Å². The fraction of sp³-hybridized carbons (Fsp3) is 0.0833. The molecule has 1 amide bonds. The van der Waals surface area contributed by atoms with E-state index in [1.54, 1.807) is 36.5 Å². The number of fused-ring (bicyclic) bond motifs is 3. The van der Waals surface area contributed by atoms with Crippen molar-refractivity contribution in [2.24, 2.45) is 0 Å². The summed E-state index contributed by atoms with van der Waals surface area (Å²) >= 11 is 1.41. The molecule has 0 aliphatic carbocycles. The number of hydrogen-bond acceptors (Lipinski definition) is 6. The van der Waals surface area contributed by atoms with Gasteiger partial charge in [-0.3, -0.25) is 19.5 Å². The summed E-state index contributed by atoms with van der Waals surface area (Å²) in [4.78, 5) is 37.7. The number of aromatic nitrogens is 2. The Morgan fingerprint density at radius 1 is 1.03 bits per heavy atom. The summed E-state index contributed by atoms with van der Waals surface area (Å²) in [6.45, 7) is 2.01. The van der Waals surface area contributed by atoms with Crippen molar-refractivity contribution in [3.05, 3.63) is 99.7 Å². The average Bonchev–Trinajstić information content (AvgIpc) is 3.33. The number of amides is 1. The van der Waals surface area contributed by atoms with Gasteiger partial charge in [-0.05, 0) is 48.9 Å². The molecule has 1 aliphatic heterocycles. The Bertz CT molecular complexity index is 1560. The molecule has 4 heterocycles. The lowest BCUT2D eigenvalue weighted by Crippen LogP contribution is -2.29. The minimum absolute atomic E-state index is 0.0507. The van der Waals surface area contributed by atoms with E-state index in [1.807, 2.05) is 37.3 Å². The van der Waals surface area contributed by atoms with Gasteiger partial charge in [0.15, 0.2) is 10.6 Å². The van der Waals surface area contributed by atoms with Gasteiger partial charge in [0, 0.05) is 6.20 Å². The number of pyridine rings is 1. The summed E-state index contributed by atoms with van der Waals surface area (Å²) in [5.41, 5.74) is 2.98. The molecule has 0 spiro atoms. The lowest BCUT2D eigenvalue weighted by molar-refractivity contribution is 0.0970. The van der Waals surface area contributed by atoms with Gasteiger partial charge in [0.25, 0.3) is 5.91 Å². The Morgan fingerprint density at radius 3 is 2.71 bits per heavy atom. The molecule has 0 saturated heterocycles. The first-order valence-corrected chi connectivity index (χ1v) is 10.6. The monoisotopic (exact) mass is 425 g/mol. The van der Waals surface area contributed by atoms with Gasteiger partial charge in [-0.2, -0.15) is 0 Å². The highest BCUT2D eigenvalue weighted by Crippen LogP contribution is 2.43. The highest BCUT2D eigenvalue weighted by molar-refractivity contribution is 7.22. The smallest absolute Gasteiger partial charge is 0.297 e. The van der Waals surface area contributed by atoms with Crippen molar-refractivity contribution >= 4 is 43.6 Å². The number of benzene rings is 2. The molecule has 1 unspecified atom stereocenters. The van der Waals surface area contributed by atoms with Crippen LogP contribution in [0.5, 0.6) is 0 Å². The van der Waals surface area contributed by atoms with Crippen LogP contribution in [0.3, 0.4) is 0 Å². The van der Waals surface area contributed by atoms with E-state index in [0.29, 0.717) is 27.4 Å². The van der Waals surface area contributed by atoms with Crippen molar-refractivity contribution in [1.82, 2.24) is 9.97 Å². The predicted octanol–water partition coefficient (Wildman–Crippen LogP) is 4.86. The number of carbonyl (C=O) groups is 1. The van der Waals surface area contributed by atoms with Gasteiger partial charge in [0.05, 0.1) is 26.9 Å². The SMILES string of the molecule is Cc1ccc2nc(N3C(=O)c4oc5ccccc5c(=O)c4C3c3ccccn3)sc2c1. The maximum Gasteiger partial charge on any atom is 0.297 e. The zero-order valence-electron chi connectivity index (χ0n) is 16.4. The maximum absolute atomic E-state index is 13.6. The van der Waals surface area contributed by atoms with Crippen LogP contribution >= 0.6 is 11.3 Å². The van der Waals surface area contributed by atoms with Crippen molar-refractivity contribution in [3.63, 3.8) is 0 Å². The van der Waals surface area contributed by atoms with Crippen molar-refractivity contribution in [1.29, 1.82) is 0 Å². The highest BCUT2D eigenvalue weighted by Gasteiger charge is 2.45. The molecular weight excluding hydrogens is 410 g/mol. The third-order valence-electron chi connectivity index (χ3n) is 5.48. The second-order valence-electron chi connectivity index (χ2n) is 7.47. The third kappa shape index (κ3) is 2.63. The number of hydrogen-bond donors (Lipinski definition) is 0. The first kappa shape index (κ1) is 18.0. The van der Waals surface area contributed by atoms with Gasteiger partial charge in [-0.25, -0.2) is 4.98 Å². The fourth-order valence-electron chi connectivity index (χ4n) is 4.06. The number of carbonyl (C=O) groups excluding carboxylic acids is 1. The van der Waals surface area contributed by atoms with Gasteiger partial charge >= 0.3 is 0 Å². The molecule has 6 nitrogen and oxygen atoms in total. The topological polar surface area (TPSA) is 76.3 Å². The van der Waals surface area contributed by atoms with Crippen molar-refractivity contribution in [3.8, 4) is 0 Å². The number of aryl methyl sites for hydroxylation is 1. The zero-order valence-corrected chi connectivity index (χ0v) is 17.2. The lowest BCUT2D eigenvalue weighted by atomic mass is 10.0. The van der Waals surface area contributed by atoms with Crippen LogP contribution in [0.25, 0.3) is 21.2 Å². The van der Waals surface area contributed by atoms with Gasteiger partial charge < -0.3 is 4.42 Å². The van der Waals surface area contributed by atoms with Crippen LogP contribution in [0, 0.1) is 6.92 Å². The number of nitrogens with zero attached hydrogens (tertiary/aromatic N) is 3. The highest BCUT2D eigenvalue weighted by atomic mass is 32.1. The molecule has 0 radical (unpaired) electrons. The predicted molar refractivity (Wildman–Crippen MR) is 120 cm³/mol. The minimum Gasteiger partial charge on any atom is -0.450 e. The van der Waals surface area contributed by atoms with Crippen LogP contribution in [0.15, 0.2) is 76.1 Å². The molecule has 1 atom stereocenters. The normalized spacial score (nSPS) is 15.7. The Balaban J connectivity index is 1.64. The molecule has 1 aliphatic rings. The lowest BCUT2D eigenvalue weighted by Gasteiger charge is -2.21. The quantitative estimate of drug-likeness (QED) is 0.404. The first-order chi connectivity index (χ1) is 15.1. The second-order valence-corrected chi connectivity index (χ2v) is 8.48. The fourth-order valence-corrected chi connectivity index (χ4v) is 5.15. The molecule has 6 rings (SSSR count). The molecule has 0 N–H and O–H groups in total. The molecule has 7 heteroatoms. The first-order valence-electron chi connectivity index (χ1n) is 9.79. The molecule has 2 aromatic carbocycles. The van der Waals surface area contributed by atoms with E-state index in [9.17, 15) is 9.59 Å². The van der Waals surface area contributed by atoms with E-state index in [-0.39, 0.29) is 17.1 Å². The largest absolute Gasteiger partial charge is 0.450 e. The molecular formula is C24H15N3O3S. The summed E-state index contributed by atoms with van der Waals surface area (Å²) in [5, 5.41) is 0.952. The maximum atomic E-state index is 13.6. The zero-order chi connectivity index (χ0) is 21.1. The average molecular weight is 425 g/mol. The number of anilines is 1. The van der Waals surface area contributed by atoms with Crippen molar-refractivity contribution in [2.75, 3.05) is 4.90 Å². The van der Waals surface area contributed by atoms with Crippen molar-refractivity contribution in [2.45, 2.75) is 13.0 Å². The molecule has 150 valence electrons. The van der Waals surface area contributed by atoms with E-state index in [0.717, 1.165) is 15.8 Å². The van der Waals surface area contributed by atoms with Crippen LogP contribution in [0.2, 0.25) is 0 Å². The summed E-state index contributed by atoms with van der Waals surface area (Å²) in [6, 6.07) is 17.7. The Kier molecular flexibility index (Phi) is 3.82. The van der Waals surface area contributed by atoms with E-state index in [4.69, 9.17) is 9.40 Å². The van der Waals surface area contributed by atoms with Gasteiger partial charge in [-0.15, -0.1) is 0 Å². The molecule has 31 heavy (non-hydrogen) atoms. The summed E-state index contributed by atoms with van der Waals surface area (Å²) < 4.78 is 6.93. The summed E-state index contributed by atoms with van der Waals surface area (Å²) in [5.74, 6) is -0.334. The van der Waals surface area contributed by atoms with Crippen LogP contribution in [-0.2, 0) is 0 Å². The van der Waals surface area contributed by atoms with Crippen LogP contribution in [-0.4, -0.2) is 15.9 Å². The number of para-hydroxylation sites is 1.